The third-order valence-electron chi connectivity index (χ3n) is 8.93. The minimum Gasteiger partial charge on any atom is -0.465 e. The van der Waals surface area contributed by atoms with E-state index in [2.05, 4.69) is 32.3 Å². The Morgan fingerprint density at radius 3 is 2.21 bits per heavy atom. The summed E-state index contributed by atoms with van der Waals surface area (Å²) in [6.07, 6.45) is 11.3. The van der Waals surface area contributed by atoms with Gasteiger partial charge >= 0.3 is 21.5 Å². The summed E-state index contributed by atoms with van der Waals surface area (Å²) in [6, 6.07) is -1.35. The molecule has 0 aromatic carbocycles. The molecular formula is C33H58ClN7O13P2. The number of amides is 1. The Morgan fingerprint density at radius 1 is 1.00 bits per heavy atom. The maximum atomic E-state index is 13.7. The van der Waals surface area contributed by atoms with Gasteiger partial charge in [0.15, 0.2) is 17.4 Å². The molecule has 1 fully saturated rings. The van der Waals surface area contributed by atoms with Crippen molar-refractivity contribution in [2.24, 2.45) is 0 Å². The van der Waals surface area contributed by atoms with E-state index in [1.54, 1.807) is 0 Å². The maximum Gasteiger partial charge on any atom is 0.480 e. The fourth-order valence-electron chi connectivity index (χ4n) is 5.93. The number of nitrogens with zero attached hydrogens (tertiary/aromatic N) is 3. The van der Waals surface area contributed by atoms with E-state index in [-0.39, 0.29) is 36.1 Å². The van der Waals surface area contributed by atoms with Crippen LogP contribution in [-0.2, 0) is 41.6 Å². The number of fused-ring (bicyclic) bond motifs is 1. The minimum atomic E-state index is -5.34. The van der Waals surface area contributed by atoms with Gasteiger partial charge in [0.1, 0.15) is 30.2 Å². The van der Waals surface area contributed by atoms with Crippen LogP contribution >= 0.6 is 27.2 Å². The Labute approximate surface area is 331 Å². The number of aliphatic hydroxyl groups is 2. The summed E-state index contributed by atoms with van der Waals surface area (Å²) in [5.41, 5.74) is 4.76. The molecule has 2 aromatic rings. The maximum absolute atomic E-state index is 13.7. The lowest BCUT2D eigenvalue weighted by molar-refractivity contribution is -0.145. The van der Waals surface area contributed by atoms with Crippen molar-refractivity contribution < 1.29 is 56.7 Å². The number of halogens is 1. The van der Waals surface area contributed by atoms with Crippen molar-refractivity contribution in [1.29, 1.82) is 0 Å². The summed E-state index contributed by atoms with van der Waals surface area (Å²) >= 11 is 5.46. The second-order valence-corrected chi connectivity index (χ2v) is 17.2. The molecule has 1 saturated heterocycles. The van der Waals surface area contributed by atoms with E-state index in [1.165, 1.54) is 64.7 Å². The van der Waals surface area contributed by atoms with Gasteiger partial charge < -0.3 is 35.6 Å². The van der Waals surface area contributed by atoms with Gasteiger partial charge in [0, 0.05) is 6.54 Å². The van der Waals surface area contributed by atoms with Crippen LogP contribution in [0.3, 0.4) is 0 Å². The van der Waals surface area contributed by atoms with Gasteiger partial charge in [0.05, 0.1) is 26.1 Å². The highest BCUT2D eigenvalue weighted by molar-refractivity contribution is 7.63. The van der Waals surface area contributed by atoms with Crippen LogP contribution < -0.4 is 21.7 Å². The molecule has 3 heterocycles. The van der Waals surface area contributed by atoms with E-state index in [1.807, 2.05) is 0 Å². The molecule has 8 N–H and O–H groups in total. The monoisotopic (exact) mass is 857 g/mol. The number of unbranched alkanes of at least 4 members (excludes halogenated alkanes) is 13. The van der Waals surface area contributed by atoms with Crippen LogP contribution in [0, 0.1) is 0 Å². The van der Waals surface area contributed by atoms with Gasteiger partial charge in [0.2, 0.25) is 11.9 Å². The smallest absolute Gasteiger partial charge is 0.465 e. The highest BCUT2D eigenvalue weighted by Gasteiger charge is 2.46. The molecule has 3 rings (SSSR count). The molecule has 0 radical (unpaired) electrons. The van der Waals surface area contributed by atoms with Gasteiger partial charge in [-0.25, -0.2) is 19.2 Å². The minimum absolute atomic E-state index is 0.0705. The number of aromatic nitrogens is 4. The molecule has 1 aliphatic heterocycles. The molecular weight excluding hydrogens is 800 g/mol. The number of phosphoric acid groups is 1. The zero-order chi connectivity index (χ0) is 41.1. The Kier molecular flexibility index (Phi) is 20.9. The standard InChI is InChI=1S/C33H58ClN7O13P2/c1-3-4-5-6-7-8-9-10-11-12-13-14-15-16-18-50-32(46)23(2)40-55(47,51-19-17-36-25(42)20-34)54-56(48,49)52-21-24-27(43)28(44)31(53-24)41-22-37-26-29(41)38-33(35)39-30(26)45/h22-24,27-28,31,43-44H,3-21H2,1-2H3,(H,36,42)(H,40,47)(H,48,49)(H3,35,38,39,45)/t23-,24+,27+,28+,31+,55?/m0/s1. The zero-order valence-electron chi connectivity index (χ0n) is 32.0. The zero-order valence-corrected chi connectivity index (χ0v) is 34.6. The third-order valence-corrected chi connectivity index (χ3v) is 12.6. The predicted molar refractivity (Wildman–Crippen MR) is 207 cm³/mol. The molecule has 1 aliphatic rings. The normalized spacial score (nSPS) is 21.1. The number of hydrogen-bond acceptors (Lipinski definition) is 15. The number of aromatic amines is 1. The molecule has 20 nitrogen and oxygen atoms in total. The number of alkyl halides is 1. The van der Waals surface area contributed by atoms with Crippen LogP contribution in [0.1, 0.15) is 110 Å². The summed E-state index contributed by atoms with van der Waals surface area (Å²) < 4.78 is 53.9. The summed E-state index contributed by atoms with van der Waals surface area (Å²) in [4.78, 5) is 57.1. The highest BCUT2D eigenvalue weighted by Crippen LogP contribution is 2.61. The van der Waals surface area contributed by atoms with Crippen LogP contribution in [0.4, 0.5) is 5.95 Å². The van der Waals surface area contributed by atoms with E-state index in [4.69, 9.17) is 40.2 Å². The largest absolute Gasteiger partial charge is 0.480 e. The molecule has 2 aromatic heterocycles. The van der Waals surface area contributed by atoms with E-state index in [0.717, 1.165) is 36.6 Å². The van der Waals surface area contributed by atoms with Crippen LogP contribution in [-0.4, -0.2) is 103 Å². The van der Waals surface area contributed by atoms with Crippen LogP contribution in [0.5, 0.6) is 0 Å². The second-order valence-electron chi connectivity index (χ2n) is 13.6. The molecule has 2 unspecified atom stereocenters. The number of rotatable bonds is 29. The van der Waals surface area contributed by atoms with Gasteiger partial charge in [-0.2, -0.15) is 9.29 Å². The second kappa shape index (κ2) is 24.4. The molecule has 0 bridgehead atoms. The number of phosphoric ester groups is 1. The Morgan fingerprint density at radius 2 is 1.61 bits per heavy atom. The predicted octanol–water partition coefficient (Wildman–Crippen LogP) is 3.94. The molecule has 0 saturated carbocycles. The quantitative estimate of drug-likeness (QED) is 0.0264. The number of carbonyl (C=O) groups excluding carboxylic acids is 2. The number of nitrogens with one attached hydrogen (secondary N) is 3. The van der Waals surface area contributed by atoms with Crippen molar-refractivity contribution in [2.75, 3.05) is 38.0 Å². The average molecular weight is 858 g/mol. The third kappa shape index (κ3) is 16.0. The number of ether oxygens (including phenoxy) is 2. The van der Waals surface area contributed by atoms with Gasteiger partial charge in [-0.15, -0.1) is 11.6 Å². The van der Waals surface area contributed by atoms with E-state index in [9.17, 15) is 38.6 Å². The molecule has 0 spiro atoms. The van der Waals surface area contributed by atoms with Gasteiger partial charge in [0.25, 0.3) is 5.56 Å². The summed E-state index contributed by atoms with van der Waals surface area (Å²) in [6.45, 7) is 1.99. The SMILES string of the molecule is CCCCCCCCCCCCCCCCOC(=O)[C@H](C)NP(=O)(OCCNC(=O)CCl)OP(=O)(O)OC[C@H]1O[C@@H](n2cnc3c(=O)[nH]c(N)nc32)[C@H](O)[C@@H]1O. The number of carbonyl (C=O) groups is 2. The van der Waals surface area contributed by atoms with Crippen molar-refractivity contribution in [3.8, 4) is 0 Å². The summed E-state index contributed by atoms with van der Waals surface area (Å²) in [5, 5.41) is 25.9. The van der Waals surface area contributed by atoms with Crippen LogP contribution in [0.25, 0.3) is 11.2 Å². The lowest BCUT2D eigenvalue weighted by atomic mass is 10.0. The number of hydrogen-bond donors (Lipinski definition) is 7. The van der Waals surface area contributed by atoms with Crippen molar-refractivity contribution in [3.05, 3.63) is 16.7 Å². The fraction of sp³-hybridized carbons (Fsp3) is 0.788. The molecule has 320 valence electrons. The van der Waals surface area contributed by atoms with Crippen molar-refractivity contribution in [1.82, 2.24) is 29.9 Å². The van der Waals surface area contributed by atoms with Crippen LogP contribution in [0.2, 0.25) is 0 Å². The number of imidazole rings is 1. The lowest BCUT2D eigenvalue weighted by Gasteiger charge is -2.24. The molecule has 1 amide bonds. The molecule has 7 atom stereocenters. The lowest BCUT2D eigenvalue weighted by Crippen LogP contribution is -2.35. The first kappa shape index (κ1) is 47.9. The van der Waals surface area contributed by atoms with Gasteiger partial charge in [-0.1, -0.05) is 90.4 Å². The number of nitrogen functional groups attached to an aromatic ring is 1. The summed E-state index contributed by atoms with van der Waals surface area (Å²) in [5.74, 6) is -2.01. The molecule has 23 heteroatoms. The number of H-pyrrole nitrogens is 1. The number of anilines is 1. The van der Waals surface area contributed by atoms with Crippen molar-refractivity contribution in [3.63, 3.8) is 0 Å². The van der Waals surface area contributed by atoms with Crippen LogP contribution in [0.15, 0.2) is 11.1 Å². The van der Waals surface area contributed by atoms with Crippen molar-refractivity contribution >= 4 is 56.2 Å². The first-order valence-corrected chi connectivity index (χ1v) is 22.7. The average Bonchev–Trinajstić information content (AvgIpc) is 3.69. The van der Waals surface area contributed by atoms with E-state index < -0.39 is 76.8 Å². The Balaban J connectivity index is 1.47. The Hall–Kier alpha value is -2.48. The van der Waals surface area contributed by atoms with E-state index in [0.29, 0.717) is 6.42 Å². The number of esters is 1. The first-order chi connectivity index (χ1) is 26.7. The Bertz CT molecular complexity index is 1670. The number of aliphatic hydroxyl groups excluding tert-OH is 2. The molecule has 56 heavy (non-hydrogen) atoms. The topological polar surface area (TPSA) is 289 Å². The van der Waals surface area contributed by atoms with E-state index >= 15 is 0 Å². The van der Waals surface area contributed by atoms with Gasteiger partial charge in [-0.05, 0) is 13.3 Å². The number of nitrogens with two attached hydrogens (primary N) is 1. The highest BCUT2D eigenvalue weighted by atomic mass is 35.5. The molecule has 0 aliphatic carbocycles. The first-order valence-electron chi connectivity index (χ1n) is 19.1. The van der Waals surface area contributed by atoms with Gasteiger partial charge in [-0.3, -0.25) is 33.0 Å². The summed E-state index contributed by atoms with van der Waals surface area (Å²) in [7, 11) is -10.2. The van der Waals surface area contributed by atoms with Crippen molar-refractivity contribution in [2.45, 2.75) is 134 Å². The fourth-order valence-corrected chi connectivity index (χ4v) is 8.99.